The predicted molar refractivity (Wildman–Crippen MR) is 68.5 cm³/mol. The van der Waals surface area contributed by atoms with Gasteiger partial charge in [-0.15, -0.1) is 0 Å². The average molecular weight is 243 g/mol. The number of nitrogens with zero attached hydrogens (tertiary/aromatic N) is 1. The minimum atomic E-state index is -0.707. The Balaban J connectivity index is 2.69. The van der Waals surface area contributed by atoms with Crippen molar-refractivity contribution in [3.05, 3.63) is 28.8 Å². The fourth-order valence-electron chi connectivity index (χ4n) is 1.72. The molecule has 16 heavy (non-hydrogen) atoms. The van der Waals surface area contributed by atoms with Crippen LogP contribution in [0.15, 0.2) is 18.2 Å². The molecule has 0 saturated heterocycles. The van der Waals surface area contributed by atoms with Gasteiger partial charge in [0.05, 0.1) is 5.60 Å². The third kappa shape index (κ3) is 4.39. The lowest BCUT2D eigenvalue weighted by atomic mass is 10.1. The second-order valence-electron chi connectivity index (χ2n) is 4.84. The van der Waals surface area contributed by atoms with Crippen molar-refractivity contribution in [2.75, 3.05) is 19.3 Å². The monoisotopic (exact) mass is 242 g/mol. The van der Waals surface area contributed by atoms with E-state index in [-0.39, 0.29) is 0 Å². The first-order valence-electron chi connectivity index (χ1n) is 5.23. The summed E-state index contributed by atoms with van der Waals surface area (Å²) in [6, 6.07) is 5.44. The molecule has 90 valence electrons. The summed E-state index contributed by atoms with van der Waals surface area (Å²) in [5.74, 6) is 0. The summed E-state index contributed by atoms with van der Waals surface area (Å²) in [7, 11) is 1.94. The quantitative estimate of drug-likeness (QED) is 0.796. The zero-order valence-electron chi connectivity index (χ0n) is 10.00. The van der Waals surface area contributed by atoms with Gasteiger partial charge in [0, 0.05) is 23.8 Å². The van der Waals surface area contributed by atoms with Gasteiger partial charge in [0.1, 0.15) is 0 Å². The van der Waals surface area contributed by atoms with Crippen LogP contribution < -0.4 is 5.73 Å². The molecule has 0 amide bonds. The van der Waals surface area contributed by atoms with Gasteiger partial charge in [0.25, 0.3) is 0 Å². The maximum absolute atomic E-state index is 9.69. The van der Waals surface area contributed by atoms with Crippen LogP contribution in [0.3, 0.4) is 0 Å². The van der Waals surface area contributed by atoms with Crippen molar-refractivity contribution >= 4 is 17.3 Å². The highest BCUT2D eigenvalue weighted by Gasteiger charge is 2.16. The fourth-order valence-corrected chi connectivity index (χ4v) is 1.90. The lowest BCUT2D eigenvalue weighted by molar-refractivity contribution is 0.0425. The third-order valence-electron chi connectivity index (χ3n) is 2.17. The number of aliphatic hydroxyl groups is 1. The van der Waals surface area contributed by atoms with Gasteiger partial charge in [0.2, 0.25) is 0 Å². The van der Waals surface area contributed by atoms with Crippen molar-refractivity contribution in [2.45, 2.75) is 26.0 Å². The van der Waals surface area contributed by atoms with E-state index in [4.69, 9.17) is 17.3 Å². The molecule has 0 heterocycles. The summed E-state index contributed by atoms with van der Waals surface area (Å²) in [5.41, 5.74) is 6.68. The van der Waals surface area contributed by atoms with Crippen LogP contribution in [-0.2, 0) is 6.54 Å². The predicted octanol–water partition coefficient (Wildman–Crippen LogP) is 2.12. The van der Waals surface area contributed by atoms with E-state index in [2.05, 4.69) is 0 Å². The van der Waals surface area contributed by atoms with E-state index < -0.39 is 5.60 Å². The van der Waals surface area contributed by atoms with Crippen LogP contribution in [-0.4, -0.2) is 29.2 Å². The molecular weight excluding hydrogens is 224 g/mol. The molecule has 0 spiro atoms. The Morgan fingerprint density at radius 1 is 1.44 bits per heavy atom. The normalized spacial score (nSPS) is 12.1. The highest BCUT2D eigenvalue weighted by Crippen LogP contribution is 2.20. The van der Waals surface area contributed by atoms with Gasteiger partial charge >= 0.3 is 0 Å². The van der Waals surface area contributed by atoms with Gasteiger partial charge in [-0.25, -0.2) is 0 Å². The molecule has 0 aromatic heterocycles. The van der Waals surface area contributed by atoms with Crippen molar-refractivity contribution in [3.63, 3.8) is 0 Å². The topological polar surface area (TPSA) is 49.5 Å². The van der Waals surface area contributed by atoms with Gasteiger partial charge in [-0.1, -0.05) is 11.6 Å². The molecule has 0 aliphatic carbocycles. The van der Waals surface area contributed by atoms with Crippen molar-refractivity contribution < 1.29 is 5.11 Å². The highest BCUT2D eigenvalue weighted by atomic mass is 35.5. The number of benzene rings is 1. The molecule has 0 atom stereocenters. The number of likely N-dealkylation sites (N-methyl/N-ethyl adjacent to an activating group) is 1. The maximum atomic E-state index is 9.69. The van der Waals surface area contributed by atoms with Crippen molar-refractivity contribution in [3.8, 4) is 0 Å². The molecule has 3 nitrogen and oxygen atoms in total. The second kappa shape index (κ2) is 5.04. The molecule has 0 aliphatic heterocycles. The van der Waals surface area contributed by atoms with Crippen molar-refractivity contribution in [1.82, 2.24) is 4.90 Å². The smallest absolute Gasteiger partial charge is 0.0718 e. The standard InChI is InChI=1S/C12H19ClN2O/c1-12(2,16)8-15(3)7-9-6-10(14)4-5-11(9)13/h4-6,16H,7-8,14H2,1-3H3. The van der Waals surface area contributed by atoms with Gasteiger partial charge in [-0.05, 0) is 44.7 Å². The lowest BCUT2D eigenvalue weighted by Gasteiger charge is -2.25. The van der Waals surface area contributed by atoms with Gasteiger partial charge in [-0.3, -0.25) is 4.90 Å². The summed E-state index contributed by atoms with van der Waals surface area (Å²) in [4.78, 5) is 2.01. The Morgan fingerprint density at radius 2 is 2.06 bits per heavy atom. The molecule has 0 aliphatic rings. The summed E-state index contributed by atoms with van der Waals surface area (Å²) in [6.07, 6.45) is 0. The van der Waals surface area contributed by atoms with Gasteiger partial charge in [-0.2, -0.15) is 0 Å². The molecular formula is C12H19ClN2O. The summed E-state index contributed by atoms with van der Waals surface area (Å²) in [6.45, 7) is 4.82. The van der Waals surface area contributed by atoms with E-state index in [9.17, 15) is 5.11 Å². The summed E-state index contributed by atoms with van der Waals surface area (Å²) >= 11 is 6.07. The second-order valence-corrected chi connectivity index (χ2v) is 5.24. The Morgan fingerprint density at radius 3 is 2.62 bits per heavy atom. The number of nitrogens with two attached hydrogens (primary N) is 1. The van der Waals surface area contributed by atoms with Crippen molar-refractivity contribution in [2.24, 2.45) is 0 Å². The van der Waals surface area contributed by atoms with Crippen molar-refractivity contribution in [1.29, 1.82) is 0 Å². The van der Waals surface area contributed by atoms with E-state index in [1.165, 1.54) is 0 Å². The van der Waals surface area contributed by atoms with Crippen LogP contribution in [0.4, 0.5) is 5.69 Å². The molecule has 0 fully saturated rings. The van der Waals surface area contributed by atoms with Gasteiger partial charge in [0.15, 0.2) is 0 Å². The number of halogens is 1. The van der Waals surface area contributed by atoms with E-state index in [1.807, 2.05) is 18.0 Å². The Hall–Kier alpha value is -0.770. The van der Waals surface area contributed by atoms with Crippen LogP contribution in [0, 0.1) is 0 Å². The maximum Gasteiger partial charge on any atom is 0.0718 e. The molecule has 3 N–H and O–H groups in total. The van der Waals surface area contributed by atoms with E-state index in [1.54, 1.807) is 26.0 Å². The Labute approximate surface area is 102 Å². The van der Waals surface area contributed by atoms with Crippen LogP contribution in [0.25, 0.3) is 0 Å². The first kappa shape index (κ1) is 13.3. The molecule has 4 heteroatoms. The Bertz CT molecular complexity index is 361. The van der Waals surface area contributed by atoms with Gasteiger partial charge < -0.3 is 10.8 Å². The number of anilines is 1. The third-order valence-corrected chi connectivity index (χ3v) is 2.54. The van der Waals surface area contributed by atoms with E-state index >= 15 is 0 Å². The van der Waals surface area contributed by atoms with E-state index in [0.29, 0.717) is 23.8 Å². The first-order valence-corrected chi connectivity index (χ1v) is 5.60. The van der Waals surface area contributed by atoms with Crippen LogP contribution >= 0.6 is 11.6 Å². The molecule has 0 saturated carbocycles. The van der Waals surface area contributed by atoms with Crippen LogP contribution in [0.2, 0.25) is 5.02 Å². The van der Waals surface area contributed by atoms with Crippen LogP contribution in [0.5, 0.6) is 0 Å². The summed E-state index contributed by atoms with van der Waals surface area (Å²) in [5, 5.41) is 10.4. The average Bonchev–Trinajstić information content (AvgIpc) is 2.08. The fraction of sp³-hybridized carbons (Fsp3) is 0.500. The number of rotatable bonds is 4. The Kier molecular flexibility index (Phi) is 4.19. The minimum absolute atomic E-state index is 0.581. The molecule has 1 rings (SSSR count). The first-order chi connectivity index (χ1) is 7.28. The van der Waals surface area contributed by atoms with E-state index in [0.717, 1.165) is 5.56 Å². The molecule has 1 aromatic rings. The summed E-state index contributed by atoms with van der Waals surface area (Å²) < 4.78 is 0. The zero-order valence-corrected chi connectivity index (χ0v) is 10.8. The number of hydrogen-bond acceptors (Lipinski definition) is 3. The largest absolute Gasteiger partial charge is 0.399 e. The number of hydrogen-bond donors (Lipinski definition) is 2. The lowest BCUT2D eigenvalue weighted by Crippen LogP contribution is -2.35. The molecule has 0 unspecified atom stereocenters. The number of nitrogen functional groups attached to an aromatic ring is 1. The molecule has 0 radical (unpaired) electrons. The SMILES string of the molecule is CN(Cc1cc(N)ccc1Cl)CC(C)(C)O. The molecule has 0 bridgehead atoms. The minimum Gasteiger partial charge on any atom is -0.399 e. The van der Waals surface area contributed by atoms with Crippen LogP contribution in [0.1, 0.15) is 19.4 Å². The zero-order chi connectivity index (χ0) is 12.3. The molecule has 1 aromatic carbocycles. The highest BCUT2D eigenvalue weighted by molar-refractivity contribution is 6.31.